The average molecular weight is 473 g/mol. The van der Waals surface area contributed by atoms with Gasteiger partial charge in [-0.15, -0.1) is 11.8 Å². The minimum Gasteiger partial charge on any atom is -0.392 e. The van der Waals surface area contributed by atoms with Crippen molar-refractivity contribution in [3.8, 4) is 11.8 Å². The second kappa shape index (κ2) is 12.7. The number of ether oxygens (including phenoxy) is 4. The first kappa shape index (κ1) is 25.9. The summed E-state index contributed by atoms with van der Waals surface area (Å²) in [5.74, 6) is 7.72. The predicted octanol–water partition coefficient (Wildman–Crippen LogP) is 5.52. The first-order valence-corrected chi connectivity index (χ1v) is 13.5. The fraction of sp³-hybridized carbons (Fsp3) is 0.793. The van der Waals surface area contributed by atoms with Gasteiger partial charge in [0.2, 0.25) is 0 Å². The van der Waals surface area contributed by atoms with E-state index in [9.17, 15) is 5.11 Å². The first-order valence-electron chi connectivity index (χ1n) is 13.5. The van der Waals surface area contributed by atoms with Crippen LogP contribution in [0.25, 0.3) is 0 Å². The van der Waals surface area contributed by atoms with Crippen molar-refractivity contribution in [1.29, 1.82) is 0 Å². The second-order valence-corrected chi connectivity index (χ2v) is 10.7. The highest BCUT2D eigenvalue weighted by Gasteiger charge is 2.47. The molecule has 2 aliphatic heterocycles. The molecule has 1 N–H and O–H groups in total. The number of fused-ring (bicyclic) bond motifs is 1. The summed E-state index contributed by atoms with van der Waals surface area (Å²) in [6.07, 6.45) is 18.0. The summed E-state index contributed by atoms with van der Waals surface area (Å²) in [7, 11) is 0. The van der Waals surface area contributed by atoms with E-state index in [0.29, 0.717) is 17.8 Å². The third-order valence-corrected chi connectivity index (χ3v) is 8.06. The van der Waals surface area contributed by atoms with E-state index in [-0.39, 0.29) is 25.3 Å². The van der Waals surface area contributed by atoms with E-state index in [1.165, 1.54) is 12.0 Å². The highest BCUT2D eigenvalue weighted by molar-refractivity contribution is 5.19. The molecule has 34 heavy (non-hydrogen) atoms. The third-order valence-electron chi connectivity index (χ3n) is 8.06. The van der Waals surface area contributed by atoms with Gasteiger partial charge in [-0.05, 0) is 89.9 Å². The van der Waals surface area contributed by atoms with Crippen molar-refractivity contribution in [2.45, 2.75) is 109 Å². The summed E-state index contributed by atoms with van der Waals surface area (Å²) in [6, 6.07) is 0. The highest BCUT2D eigenvalue weighted by atomic mass is 16.7. The molecule has 2 heterocycles. The van der Waals surface area contributed by atoms with Gasteiger partial charge < -0.3 is 24.1 Å². The molecule has 5 heteroatoms. The van der Waals surface area contributed by atoms with Gasteiger partial charge in [0.15, 0.2) is 12.6 Å². The molecule has 190 valence electrons. The van der Waals surface area contributed by atoms with E-state index >= 15 is 0 Å². The molecular weight excluding hydrogens is 428 g/mol. The molecule has 5 nitrogen and oxygen atoms in total. The quantitative estimate of drug-likeness (QED) is 0.353. The number of allylic oxidation sites excluding steroid dienone is 1. The van der Waals surface area contributed by atoms with Gasteiger partial charge in [-0.2, -0.15) is 0 Å². The van der Waals surface area contributed by atoms with Crippen molar-refractivity contribution in [1.82, 2.24) is 0 Å². The number of hydrogen-bond acceptors (Lipinski definition) is 5. The van der Waals surface area contributed by atoms with Crippen LogP contribution < -0.4 is 0 Å². The van der Waals surface area contributed by atoms with Gasteiger partial charge in [-0.3, -0.25) is 0 Å². The second-order valence-electron chi connectivity index (χ2n) is 10.7. The lowest BCUT2D eigenvalue weighted by Gasteiger charge is -2.34. The summed E-state index contributed by atoms with van der Waals surface area (Å²) in [5, 5.41) is 9.42. The Morgan fingerprint density at radius 3 is 2.53 bits per heavy atom. The maximum Gasteiger partial charge on any atom is 0.158 e. The summed E-state index contributed by atoms with van der Waals surface area (Å²) >= 11 is 0. The van der Waals surface area contributed by atoms with Crippen LogP contribution in [0, 0.1) is 29.6 Å². The van der Waals surface area contributed by atoms with Crippen molar-refractivity contribution in [3.05, 3.63) is 23.8 Å². The molecule has 2 saturated heterocycles. The van der Waals surface area contributed by atoms with Crippen LogP contribution in [0.15, 0.2) is 23.8 Å². The van der Waals surface area contributed by atoms with Crippen LogP contribution in [0.3, 0.4) is 0 Å². The lowest BCUT2D eigenvalue weighted by atomic mass is 9.88. The Kier molecular flexibility index (Phi) is 9.68. The van der Waals surface area contributed by atoms with Gasteiger partial charge in [0, 0.05) is 25.6 Å². The molecule has 0 radical (unpaired) electrons. The standard InChI is InChI=1S/C29H44O5/c1-3-4-7-14-29(2,34-28-11-6-9-18-32-28)15-12-24-25-20-22(13-16-30)19-23(25)21-26(24)33-27-10-5-8-17-31-27/h12-13,15,23-28,30H,5-11,14,16-21H2,1-2H3/b15-12+,22-13+/t23-,24+,25-,26+,27?,28?,29?/m0/s1. The Hall–Kier alpha value is -1.16. The summed E-state index contributed by atoms with van der Waals surface area (Å²) < 4.78 is 25.0. The minimum atomic E-state index is -0.418. The van der Waals surface area contributed by atoms with E-state index < -0.39 is 5.60 Å². The molecule has 0 aromatic carbocycles. The molecule has 3 unspecified atom stereocenters. The molecule has 0 amide bonds. The summed E-state index contributed by atoms with van der Waals surface area (Å²) in [5.41, 5.74) is 0.981. The van der Waals surface area contributed by atoms with Crippen molar-refractivity contribution >= 4 is 0 Å². The zero-order valence-corrected chi connectivity index (χ0v) is 21.2. The molecule has 0 aromatic heterocycles. The lowest BCUT2D eigenvalue weighted by molar-refractivity contribution is -0.208. The van der Waals surface area contributed by atoms with Gasteiger partial charge in [-0.25, -0.2) is 0 Å². The Morgan fingerprint density at radius 2 is 1.85 bits per heavy atom. The van der Waals surface area contributed by atoms with Crippen LogP contribution in [-0.2, 0) is 18.9 Å². The fourth-order valence-electron chi connectivity index (χ4n) is 6.24. The molecule has 2 aliphatic carbocycles. The topological polar surface area (TPSA) is 57.2 Å². The molecule has 0 aromatic rings. The van der Waals surface area contributed by atoms with Crippen molar-refractivity contribution < 1.29 is 24.1 Å². The van der Waals surface area contributed by atoms with E-state index in [4.69, 9.17) is 18.9 Å². The Bertz CT molecular complexity index is 752. The summed E-state index contributed by atoms with van der Waals surface area (Å²) in [4.78, 5) is 0. The number of aliphatic hydroxyl groups excluding tert-OH is 1. The molecule has 4 fully saturated rings. The zero-order chi connectivity index (χ0) is 23.8. The maximum absolute atomic E-state index is 9.42. The average Bonchev–Trinajstić information content (AvgIpc) is 3.36. The normalized spacial score (nSPS) is 36.9. The summed E-state index contributed by atoms with van der Waals surface area (Å²) in [6.45, 7) is 5.79. The predicted molar refractivity (Wildman–Crippen MR) is 133 cm³/mol. The van der Waals surface area contributed by atoms with Crippen LogP contribution in [0.4, 0.5) is 0 Å². The lowest BCUT2D eigenvalue weighted by Crippen LogP contribution is -2.36. The van der Waals surface area contributed by atoms with E-state index in [1.807, 2.05) is 13.0 Å². The smallest absolute Gasteiger partial charge is 0.158 e. The van der Waals surface area contributed by atoms with Gasteiger partial charge in [0.25, 0.3) is 0 Å². The molecular formula is C29H44O5. The molecule has 0 spiro atoms. The zero-order valence-electron chi connectivity index (χ0n) is 21.2. The van der Waals surface area contributed by atoms with Crippen molar-refractivity contribution in [2.75, 3.05) is 19.8 Å². The molecule has 7 atom stereocenters. The fourth-order valence-corrected chi connectivity index (χ4v) is 6.24. The van der Waals surface area contributed by atoms with Crippen LogP contribution in [0.1, 0.15) is 84.5 Å². The monoisotopic (exact) mass is 472 g/mol. The van der Waals surface area contributed by atoms with Gasteiger partial charge in [0.05, 0.1) is 18.3 Å². The van der Waals surface area contributed by atoms with Gasteiger partial charge in [0.1, 0.15) is 0 Å². The van der Waals surface area contributed by atoms with E-state index in [1.54, 1.807) is 0 Å². The van der Waals surface area contributed by atoms with Gasteiger partial charge in [-0.1, -0.05) is 23.8 Å². The Labute approximate surface area is 206 Å². The van der Waals surface area contributed by atoms with Crippen LogP contribution >= 0.6 is 0 Å². The number of rotatable bonds is 9. The Balaban J connectivity index is 1.50. The van der Waals surface area contributed by atoms with Crippen molar-refractivity contribution in [3.63, 3.8) is 0 Å². The SMILES string of the molecule is CC#CCCC(C)(/C=C/[C@@H]1[C@H]2C/C(=C/CO)C[C@H]2C[C@H]1OC1CCCCO1)OC1CCCCO1. The van der Waals surface area contributed by atoms with Crippen LogP contribution in [-0.4, -0.2) is 49.2 Å². The van der Waals surface area contributed by atoms with Gasteiger partial charge >= 0.3 is 0 Å². The van der Waals surface area contributed by atoms with Crippen LogP contribution in [0.2, 0.25) is 0 Å². The number of aliphatic hydroxyl groups is 1. The first-order chi connectivity index (χ1) is 16.6. The molecule has 2 saturated carbocycles. The number of hydrogen-bond donors (Lipinski definition) is 1. The third kappa shape index (κ3) is 6.95. The highest BCUT2D eigenvalue weighted by Crippen LogP contribution is 2.52. The van der Waals surface area contributed by atoms with Crippen molar-refractivity contribution in [2.24, 2.45) is 17.8 Å². The van der Waals surface area contributed by atoms with Crippen LogP contribution in [0.5, 0.6) is 0 Å². The molecule has 0 bridgehead atoms. The van der Waals surface area contributed by atoms with E-state index in [2.05, 4.69) is 30.9 Å². The molecule has 4 rings (SSSR count). The Morgan fingerprint density at radius 1 is 1.09 bits per heavy atom. The van der Waals surface area contributed by atoms with E-state index in [0.717, 1.165) is 77.4 Å². The largest absolute Gasteiger partial charge is 0.392 e. The maximum atomic E-state index is 9.42. The molecule has 4 aliphatic rings. The minimum absolute atomic E-state index is 0.0703.